The van der Waals surface area contributed by atoms with Gasteiger partial charge in [-0.15, -0.1) is 0 Å². The smallest absolute Gasteiger partial charge is 0.323 e. The van der Waals surface area contributed by atoms with Crippen molar-refractivity contribution in [3.05, 3.63) is 48.6 Å². The largest absolute Gasteiger partial charge is 0.403 e. The van der Waals surface area contributed by atoms with Crippen LogP contribution in [0.2, 0.25) is 0 Å². The molecule has 0 spiro atoms. The maximum Gasteiger partial charge on any atom is 0.403 e. The average Bonchev–Trinajstić information content (AvgIpc) is 3.45. The fourth-order valence-corrected chi connectivity index (χ4v) is 3.32. The second kappa shape index (κ2) is 6.76. The Hall–Kier alpha value is -5.01. The molecular weight excluding hydrogens is 432 g/mol. The molecule has 0 aromatic carbocycles. The summed E-state index contributed by atoms with van der Waals surface area (Å²) < 4.78 is 0. The maximum atomic E-state index is 13.4. The third kappa shape index (κ3) is 2.56. The SMILES string of the molecule is O=C1C=CC(=O)N1OC(=O)C(N1C(=O)C=CC1=O)(N1C(=O)C=CC1=O)N1C(=O)C=CC1=O. The van der Waals surface area contributed by atoms with Crippen molar-refractivity contribution in [2.24, 2.45) is 0 Å². The third-order valence-electron chi connectivity index (χ3n) is 4.58. The number of hydrogen-bond acceptors (Lipinski definition) is 10. The van der Waals surface area contributed by atoms with Gasteiger partial charge in [-0.05, 0) is 0 Å². The highest BCUT2D eigenvalue weighted by atomic mass is 16.7. The van der Waals surface area contributed by atoms with Crippen LogP contribution < -0.4 is 0 Å². The summed E-state index contributed by atoms with van der Waals surface area (Å²) in [7, 11) is 0. The van der Waals surface area contributed by atoms with E-state index in [4.69, 9.17) is 4.84 Å². The molecule has 0 unspecified atom stereocenters. The quantitative estimate of drug-likeness (QED) is 0.396. The number of carbonyl (C=O) groups is 9. The van der Waals surface area contributed by atoms with Gasteiger partial charge in [-0.25, -0.2) is 19.5 Å². The Balaban J connectivity index is 1.96. The van der Waals surface area contributed by atoms with Gasteiger partial charge < -0.3 is 4.84 Å². The minimum Gasteiger partial charge on any atom is -0.323 e. The third-order valence-corrected chi connectivity index (χ3v) is 4.58. The number of hydroxylamine groups is 2. The average molecular weight is 440 g/mol. The lowest BCUT2D eigenvalue weighted by molar-refractivity contribution is -0.228. The molecule has 0 radical (unpaired) electrons. The highest BCUT2D eigenvalue weighted by Gasteiger charge is 2.68. The molecule has 8 amide bonds. The number of nitrogens with zero attached hydrogens (tertiary/aromatic N) is 4. The van der Waals surface area contributed by atoms with Crippen molar-refractivity contribution in [3.8, 4) is 0 Å². The van der Waals surface area contributed by atoms with Crippen molar-refractivity contribution < 1.29 is 48.0 Å². The van der Waals surface area contributed by atoms with Crippen LogP contribution in [-0.4, -0.2) is 78.8 Å². The van der Waals surface area contributed by atoms with Gasteiger partial charge >= 0.3 is 11.8 Å². The summed E-state index contributed by atoms with van der Waals surface area (Å²) >= 11 is 0. The lowest BCUT2D eigenvalue weighted by atomic mass is 10.1. The van der Waals surface area contributed by atoms with Crippen LogP contribution in [0.15, 0.2) is 48.6 Å². The van der Waals surface area contributed by atoms with E-state index in [1.807, 2.05) is 0 Å². The molecule has 0 saturated heterocycles. The predicted molar refractivity (Wildman–Crippen MR) is 92.8 cm³/mol. The van der Waals surface area contributed by atoms with Crippen LogP contribution in [0.5, 0.6) is 0 Å². The molecule has 0 bridgehead atoms. The second-order valence-corrected chi connectivity index (χ2v) is 6.35. The van der Waals surface area contributed by atoms with Crippen molar-refractivity contribution in [1.82, 2.24) is 19.8 Å². The maximum absolute atomic E-state index is 13.4. The van der Waals surface area contributed by atoms with Gasteiger partial charge in [0.15, 0.2) is 0 Å². The van der Waals surface area contributed by atoms with E-state index in [-0.39, 0.29) is 19.8 Å². The molecule has 0 atom stereocenters. The lowest BCUT2D eigenvalue weighted by Gasteiger charge is -2.46. The first-order valence-electron chi connectivity index (χ1n) is 8.58. The van der Waals surface area contributed by atoms with Crippen LogP contribution in [0.1, 0.15) is 0 Å². The molecule has 0 fully saturated rings. The molecule has 0 aliphatic carbocycles. The zero-order chi connectivity index (χ0) is 23.4. The van der Waals surface area contributed by atoms with Crippen molar-refractivity contribution in [1.29, 1.82) is 0 Å². The Morgan fingerprint density at radius 2 is 0.750 bits per heavy atom. The Morgan fingerprint density at radius 3 is 1.03 bits per heavy atom. The van der Waals surface area contributed by atoms with Gasteiger partial charge in [-0.3, -0.25) is 38.4 Å². The molecular formula is C18H8N4O10. The molecule has 160 valence electrons. The number of imide groups is 4. The summed E-state index contributed by atoms with van der Waals surface area (Å²) in [6.07, 6.45) is 5.32. The van der Waals surface area contributed by atoms with E-state index in [1.165, 1.54) is 0 Å². The van der Waals surface area contributed by atoms with E-state index in [0.717, 1.165) is 0 Å². The zero-order valence-electron chi connectivity index (χ0n) is 15.5. The lowest BCUT2D eigenvalue weighted by Crippen LogP contribution is -2.78. The van der Waals surface area contributed by atoms with E-state index < -0.39 is 59.0 Å². The molecule has 4 rings (SSSR count). The molecule has 14 nitrogen and oxygen atoms in total. The van der Waals surface area contributed by atoms with Crippen LogP contribution in [-0.2, 0) is 48.0 Å². The molecule has 4 aliphatic rings. The summed E-state index contributed by atoms with van der Waals surface area (Å²) in [5, 5.41) is -0.105. The van der Waals surface area contributed by atoms with Crippen LogP contribution in [0, 0.1) is 0 Å². The monoisotopic (exact) mass is 440 g/mol. The predicted octanol–water partition coefficient (Wildman–Crippen LogP) is -3.20. The molecule has 4 heterocycles. The summed E-state index contributed by atoms with van der Waals surface area (Å²) in [5.74, 6) is -15.6. The Bertz CT molecular complexity index is 1030. The summed E-state index contributed by atoms with van der Waals surface area (Å²) in [5.41, 5.74) is 0. The fourth-order valence-electron chi connectivity index (χ4n) is 3.32. The van der Waals surface area contributed by atoms with Crippen LogP contribution in [0.4, 0.5) is 0 Å². The van der Waals surface area contributed by atoms with Crippen LogP contribution in [0.25, 0.3) is 0 Å². The van der Waals surface area contributed by atoms with Crippen LogP contribution >= 0.6 is 0 Å². The first kappa shape index (κ1) is 20.3. The first-order chi connectivity index (χ1) is 15.1. The summed E-state index contributed by atoms with van der Waals surface area (Å²) in [6.45, 7) is 0. The Labute approximate surface area is 176 Å². The van der Waals surface area contributed by atoms with Gasteiger partial charge in [-0.2, -0.15) is 0 Å². The summed E-state index contributed by atoms with van der Waals surface area (Å²) in [4.78, 5) is 117. The van der Waals surface area contributed by atoms with Gasteiger partial charge in [0.1, 0.15) is 0 Å². The molecule has 0 aromatic rings. The molecule has 14 heteroatoms. The minimum atomic E-state index is -3.46. The number of carbonyl (C=O) groups excluding carboxylic acids is 9. The van der Waals surface area contributed by atoms with E-state index >= 15 is 0 Å². The second-order valence-electron chi connectivity index (χ2n) is 6.35. The van der Waals surface area contributed by atoms with E-state index in [1.54, 1.807) is 0 Å². The van der Waals surface area contributed by atoms with Gasteiger partial charge in [0.25, 0.3) is 47.3 Å². The topological polar surface area (TPSA) is 176 Å². The molecule has 32 heavy (non-hydrogen) atoms. The number of amides is 8. The number of rotatable bonds is 5. The standard InChI is InChI=1S/C18H8N4O10/c23-9-1-2-10(24)19(9)18(20-11(25)3-4-12(20)26,21-13(27)5-6-14(21)28)17(31)32-22-15(29)7-8-16(22)30/h1-8H. The van der Waals surface area contributed by atoms with Crippen molar-refractivity contribution in [2.75, 3.05) is 0 Å². The minimum absolute atomic E-state index is 0.0284. The van der Waals surface area contributed by atoms with Gasteiger partial charge in [0, 0.05) is 48.6 Å². The highest BCUT2D eigenvalue weighted by Crippen LogP contribution is 2.35. The highest BCUT2D eigenvalue weighted by molar-refractivity contribution is 6.24. The van der Waals surface area contributed by atoms with E-state index in [2.05, 4.69) is 0 Å². The zero-order valence-corrected chi connectivity index (χ0v) is 15.5. The molecule has 0 aromatic heterocycles. The first-order valence-corrected chi connectivity index (χ1v) is 8.58. The molecule has 0 N–H and O–H groups in total. The van der Waals surface area contributed by atoms with Crippen LogP contribution in [0.3, 0.4) is 0 Å². The summed E-state index contributed by atoms with van der Waals surface area (Å²) in [6, 6.07) is 0. The van der Waals surface area contributed by atoms with Crippen molar-refractivity contribution >= 4 is 53.2 Å². The van der Waals surface area contributed by atoms with Crippen molar-refractivity contribution in [3.63, 3.8) is 0 Å². The van der Waals surface area contributed by atoms with Gasteiger partial charge in [0.2, 0.25) is 0 Å². The normalized spacial score (nSPS) is 20.4. The number of hydrogen-bond donors (Lipinski definition) is 0. The van der Waals surface area contributed by atoms with Gasteiger partial charge in [0.05, 0.1) is 0 Å². The Kier molecular flexibility index (Phi) is 4.28. The fraction of sp³-hybridized carbons (Fsp3) is 0.0556. The van der Waals surface area contributed by atoms with Gasteiger partial charge in [-0.1, -0.05) is 5.06 Å². The molecule has 0 saturated carbocycles. The molecule has 4 aliphatic heterocycles. The van der Waals surface area contributed by atoms with E-state index in [9.17, 15) is 43.2 Å². The van der Waals surface area contributed by atoms with E-state index in [0.29, 0.717) is 48.6 Å². The Morgan fingerprint density at radius 1 is 0.500 bits per heavy atom. The van der Waals surface area contributed by atoms with Crippen molar-refractivity contribution in [2.45, 2.75) is 5.79 Å².